The van der Waals surface area contributed by atoms with Crippen LogP contribution in [0.4, 0.5) is 0 Å². The second kappa shape index (κ2) is 5.38. The predicted molar refractivity (Wildman–Crippen MR) is 65.3 cm³/mol. The largest absolute Gasteiger partial charge is 0.263 e. The lowest BCUT2D eigenvalue weighted by Crippen LogP contribution is -2.24. The van der Waals surface area contributed by atoms with E-state index in [1.807, 2.05) is 0 Å². The number of nitrogens with one attached hydrogen (secondary N) is 1. The molecule has 0 bridgehead atoms. The Labute approximate surface area is 109 Å². The monoisotopic (exact) mass is 284 g/mol. The maximum Gasteiger partial charge on any atom is 0.243 e. The molecule has 0 saturated carbocycles. The van der Waals surface area contributed by atoms with Crippen molar-refractivity contribution in [3.05, 3.63) is 47.8 Å². The van der Waals surface area contributed by atoms with Crippen LogP contribution in [0.1, 0.15) is 5.69 Å². The standard InChI is InChI=1S/C10H9ClN4O2S/c11-9-2-4-12-6-10(9)18(16,17)15-5-8-1-3-13-7-14-8/h1-4,6-7,15H,5H2. The summed E-state index contributed by atoms with van der Waals surface area (Å²) in [6, 6.07) is 3.04. The van der Waals surface area contributed by atoms with Gasteiger partial charge in [0.25, 0.3) is 0 Å². The minimum Gasteiger partial charge on any atom is -0.263 e. The van der Waals surface area contributed by atoms with E-state index < -0.39 is 10.0 Å². The van der Waals surface area contributed by atoms with Gasteiger partial charge in [-0.25, -0.2) is 23.1 Å². The molecule has 8 heteroatoms. The van der Waals surface area contributed by atoms with Crippen LogP contribution in [0.2, 0.25) is 5.02 Å². The van der Waals surface area contributed by atoms with Crippen molar-refractivity contribution in [3.8, 4) is 0 Å². The highest BCUT2D eigenvalue weighted by molar-refractivity contribution is 7.89. The quantitative estimate of drug-likeness (QED) is 0.905. The van der Waals surface area contributed by atoms with Gasteiger partial charge in [0.15, 0.2) is 0 Å². The van der Waals surface area contributed by atoms with Crippen molar-refractivity contribution in [2.45, 2.75) is 11.4 Å². The van der Waals surface area contributed by atoms with Gasteiger partial charge in [-0.05, 0) is 12.1 Å². The van der Waals surface area contributed by atoms with E-state index in [-0.39, 0.29) is 16.5 Å². The molecular formula is C10H9ClN4O2S. The number of sulfonamides is 1. The van der Waals surface area contributed by atoms with Crippen LogP contribution in [-0.2, 0) is 16.6 Å². The third-order valence-electron chi connectivity index (χ3n) is 2.11. The van der Waals surface area contributed by atoms with Crippen molar-refractivity contribution in [1.29, 1.82) is 0 Å². The summed E-state index contributed by atoms with van der Waals surface area (Å²) in [5.74, 6) is 0. The van der Waals surface area contributed by atoms with Gasteiger partial charge < -0.3 is 0 Å². The van der Waals surface area contributed by atoms with Gasteiger partial charge in [0, 0.05) is 18.6 Å². The first-order valence-electron chi connectivity index (χ1n) is 4.93. The lowest BCUT2D eigenvalue weighted by atomic mass is 10.4. The smallest absolute Gasteiger partial charge is 0.243 e. The molecule has 0 amide bonds. The van der Waals surface area contributed by atoms with Crippen LogP contribution in [0.3, 0.4) is 0 Å². The number of rotatable bonds is 4. The van der Waals surface area contributed by atoms with Gasteiger partial charge in [-0.2, -0.15) is 0 Å². The summed E-state index contributed by atoms with van der Waals surface area (Å²) in [6.07, 6.45) is 5.50. The second-order valence-corrected chi connectivity index (χ2v) is 5.47. The first kappa shape index (κ1) is 12.9. The molecule has 2 rings (SSSR count). The van der Waals surface area contributed by atoms with Crippen LogP contribution >= 0.6 is 11.6 Å². The molecule has 0 aliphatic carbocycles. The average molecular weight is 285 g/mol. The Morgan fingerprint density at radius 2 is 2.00 bits per heavy atom. The molecule has 0 atom stereocenters. The molecule has 0 radical (unpaired) electrons. The van der Waals surface area contributed by atoms with Gasteiger partial charge in [-0.1, -0.05) is 11.6 Å². The van der Waals surface area contributed by atoms with E-state index in [0.717, 1.165) is 0 Å². The van der Waals surface area contributed by atoms with E-state index >= 15 is 0 Å². The Morgan fingerprint density at radius 3 is 2.67 bits per heavy atom. The second-order valence-electron chi connectivity index (χ2n) is 3.33. The maximum absolute atomic E-state index is 11.9. The van der Waals surface area contributed by atoms with E-state index in [2.05, 4.69) is 19.7 Å². The first-order chi connectivity index (χ1) is 8.59. The molecule has 0 aliphatic heterocycles. The molecule has 0 aromatic carbocycles. The highest BCUT2D eigenvalue weighted by atomic mass is 35.5. The average Bonchev–Trinajstić information content (AvgIpc) is 2.38. The SMILES string of the molecule is O=S(=O)(NCc1ccncn1)c1cnccc1Cl. The first-order valence-corrected chi connectivity index (χ1v) is 6.80. The van der Waals surface area contributed by atoms with Gasteiger partial charge in [-0.15, -0.1) is 0 Å². The van der Waals surface area contributed by atoms with Gasteiger partial charge in [-0.3, -0.25) is 4.98 Å². The fourth-order valence-corrected chi connectivity index (χ4v) is 2.66. The van der Waals surface area contributed by atoms with Crippen molar-refractivity contribution in [2.75, 3.05) is 0 Å². The Kier molecular flexibility index (Phi) is 3.85. The summed E-state index contributed by atoms with van der Waals surface area (Å²) in [6.45, 7) is 0.0656. The number of nitrogens with zero attached hydrogens (tertiary/aromatic N) is 3. The number of halogens is 1. The Morgan fingerprint density at radius 1 is 1.22 bits per heavy atom. The number of hydrogen-bond donors (Lipinski definition) is 1. The fourth-order valence-electron chi connectivity index (χ4n) is 1.23. The molecule has 2 aromatic heterocycles. The van der Waals surface area contributed by atoms with Crippen LogP contribution in [0, 0.1) is 0 Å². The van der Waals surface area contributed by atoms with Crippen LogP contribution in [-0.4, -0.2) is 23.4 Å². The zero-order valence-corrected chi connectivity index (χ0v) is 10.7. The van der Waals surface area contributed by atoms with Crippen LogP contribution in [0.15, 0.2) is 41.9 Å². The topological polar surface area (TPSA) is 84.8 Å². The van der Waals surface area contributed by atoms with Gasteiger partial charge >= 0.3 is 0 Å². The van der Waals surface area contributed by atoms with Crippen LogP contribution in [0.25, 0.3) is 0 Å². The molecule has 6 nitrogen and oxygen atoms in total. The predicted octanol–water partition coefficient (Wildman–Crippen LogP) is 1.00. The Balaban J connectivity index is 2.16. The van der Waals surface area contributed by atoms with Crippen LogP contribution < -0.4 is 4.72 Å². The summed E-state index contributed by atoms with van der Waals surface area (Å²) in [5.41, 5.74) is 0.564. The lowest BCUT2D eigenvalue weighted by molar-refractivity contribution is 0.580. The highest BCUT2D eigenvalue weighted by Crippen LogP contribution is 2.18. The number of pyridine rings is 1. The molecule has 0 spiro atoms. The summed E-state index contributed by atoms with van der Waals surface area (Å²) in [7, 11) is -3.69. The number of aromatic nitrogens is 3. The van der Waals surface area contributed by atoms with Crippen molar-refractivity contribution in [3.63, 3.8) is 0 Å². The molecule has 94 valence electrons. The lowest BCUT2D eigenvalue weighted by Gasteiger charge is -2.06. The van der Waals surface area contributed by atoms with Crippen molar-refractivity contribution < 1.29 is 8.42 Å². The minimum absolute atomic E-state index is 0.0549. The Hall–Kier alpha value is -1.57. The normalized spacial score (nSPS) is 11.4. The number of hydrogen-bond acceptors (Lipinski definition) is 5. The third-order valence-corrected chi connectivity index (χ3v) is 3.98. The zero-order valence-electron chi connectivity index (χ0n) is 9.12. The summed E-state index contributed by atoms with van der Waals surface area (Å²) >= 11 is 5.81. The van der Waals surface area contributed by atoms with E-state index in [0.29, 0.717) is 5.69 Å². The van der Waals surface area contributed by atoms with Gasteiger partial charge in [0.05, 0.1) is 17.3 Å². The van der Waals surface area contributed by atoms with E-state index in [4.69, 9.17) is 11.6 Å². The van der Waals surface area contributed by atoms with Crippen molar-refractivity contribution in [1.82, 2.24) is 19.7 Å². The summed E-state index contributed by atoms with van der Waals surface area (Å²) < 4.78 is 26.3. The van der Waals surface area contributed by atoms with Crippen molar-refractivity contribution in [2.24, 2.45) is 0 Å². The van der Waals surface area contributed by atoms with E-state index in [1.165, 1.54) is 31.0 Å². The molecule has 2 aromatic rings. The van der Waals surface area contributed by atoms with Crippen molar-refractivity contribution >= 4 is 21.6 Å². The summed E-state index contributed by atoms with van der Waals surface area (Å²) in [5, 5.41) is 0.125. The molecular weight excluding hydrogens is 276 g/mol. The van der Waals surface area contributed by atoms with Gasteiger partial charge in [0.2, 0.25) is 10.0 Å². The van der Waals surface area contributed by atoms with E-state index in [1.54, 1.807) is 6.07 Å². The molecule has 18 heavy (non-hydrogen) atoms. The molecule has 0 saturated heterocycles. The molecule has 2 heterocycles. The van der Waals surface area contributed by atoms with Crippen LogP contribution in [0.5, 0.6) is 0 Å². The maximum atomic E-state index is 11.9. The molecule has 0 aliphatic rings. The minimum atomic E-state index is -3.69. The highest BCUT2D eigenvalue weighted by Gasteiger charge is 2.17. The van der Waals surface area contributed by atoms with Gasteiger partial charge in [0.1, 0.15) is 11.2 Å². The molecule has 0 unspecified atom stereocenters. The Bertz CT molecular complexity index is 633. The van der Waals surface area contributed by atoms with E-state index in [9.17, 15) is 8.42 Å². The zero-order chi connectivity index (χ0) is 13.0. The fraction of sp³-hybridized carbons (Fsp3) is 0.100. The molecule has 1 N–H and O–H groups in total. The summed E-state index contributed by atoms with van der Waals surface area (Å²) in [4.78, 5) is 11.3. The third kappa shape index (κ3) is 3.00. The molecule has 0 fully saturated rings.